The van der Waals surface area contributed by atoms with E-state index in [0.717, 1.165) is 5.56 Å². The van der Waals surface area contributed by atoms with Crippen molar-refractivity contribution in [1.29, 1.82) is 0 Å². The molecule has 1 amide bonds. The molecule has 21 heavy (non-hydrogen) atoms. The first kappa shape index (κ1) is 13.8. The molecular formula is C17H17FN2O. The highest BCUT2D eigenvalue weighted by Gasteiger charge is 2.24. The molecule has 0 radical (unpaired) electrons. The predicted octanol–water partition coefficient (Wildman–Crippen LogP) is 2.79. The zero-order valence-corrected chi connectivity index (χ0v) is 11.8. The van der Waals surface area contributed by atoms with Gasteiger partial charge in [-0.15, -0.1) is 0 Å². The van der Waals surface area contributed by atoms with E-state index in [0.29, 0.717) is 13.0 Å². The van der Waals surface area contributed by atoms with E-state index < -0.39 is 5.82 Å². The number of rotatable bonds is 2. The molecule has 1 aliphatic rings. The number of benzene rings is 2. The van der Waals surface area contributed by atoms with Crippen molar-refractivity contribution >= 4 is 11.6 Å². The molecule has 1 aliphatic heterocycles. The number of amides is 1. The van der Waals surface area contributed by atoms with Gasteiger partial charge in [-0.3, -0.25) is 4.79 Å². The fourth-order valence-electron chi connectivity index (χ4n) is 2.59. The maximum Gasteiger partial charge on any atom is 0.241 e. The molecule has 0 aromatic heterocycles. The van der Waals surface area contributed by atoms with Crippen molar-refractivity contribution in [2.45, 2.75) is 25.9 Å². The SMILES string of the molecule is Cc1ccc(F)c(NC(=O)C2Cc3ccccc3CN2)c1. The number of carbonyl (C=O) groups is 1. The first-order chi connectivity index (χ1) is 10.1. The second-order valence-electron chi connectivity index (χ2n) is 5.38. The zero-order valence-electron chi connectivity index (χ0n) is 11.8. The second-order valence-corrected chi connectivity index (χ2v) is 5.38. The third-order valence-electron chi connectivity index (χ3n) is 3.78. The number of anilines is 1. The average molecular weight is 284 g/mol. The summed E-state index contributed by atoms with van der Waals surface area (Å²) in [7, 11) is 0. The van der Waals surface area contributed by atoms with Crippen LogP contribution in [-0.4, -0.2) is 11.9 Å². The summed E-state index contributed by atoms with van der Waals surface area (Å²) in [6, 6.07) is 12.4. The first-order valence-electron chi connectivity index (χ1n) is 7.00. The predicted molar refractivity (Wildman–Crippen MR) is 80.5 cm³/mol. The highest BCUT2D eigenvalue weighted by Crippen LogP contribution is 2.19. The Bertz CT molecular complexity index is 684. The zero-order chi connectivity index (χ0) is 14.8. The van der Waals surface area contributed by atoms with Crippen molar-refractivity contribution < 1.29 is 9.18 Å². The molecular weight excluding hydrogens is 267 g/mol. The van der Waals surface area contributed by atoms with E-state index in [2.05, 4.69) is 16.7 Å². The minimum atomic E-state index is -0.412. The van der Waals surface area contributed by atoms with Crippen molar-refractivity contribution in [2.75, 3.05) is 5.32 Å². The highest BCUT2D eigenvalue weighted by atomic mass is 19.1. The fourth-order valence-corrected chi connectivity index (χ4v) is 2.59. The molecule has 108 valence electrons. The maximum absolute atomic E-state index is 13.7. The first-order valence-corrected chi connectivity index (χ1v) is 7.00. The molecule has 3 nitrogen and oxygen atoms in total. The van der Waals surface area contributed by atoms with Crippen LogP contribution in [0.15, 0.2) is 42.5 Å². The maximum atomic E-state index is 13.7. The lowest BCUT2D eigenvalue weighted by Gasteiger charge is -2.25. The highest BCUT2D eigenvalue weighted by molar-refractivity contribution is 5.95. The van der Waals surface area contributed by atoms with E-state index in [4.69, 9.17) is 0 Å². The van der Waals surface area contributed by atoms with Crippen LogP contribution < -0.4 is 10.6 Å². The summed E-state index contributed by atoms with van der Waals surface area (Å²) in [5.41, 5.74) is 3.53. The van der Waals surface area contributed by atoms with Gasteiger partial charge in [0.1, 0.15) is 5.82 Å². The van der Waals surface area contributed by atoms with E-state index in [1.165, 1.54) is 17.2 Å². The molecule has 4 heteroatoms. The number of hydrogen-bond acceptors (Lipinski definition) is 2. The molecule has 1 unspecified atom stereocenters. The van der Waals surface area contributed by atoms with E-state index in [-0.39, 0.29) is 17.6 Å². The lowest BCUT2D eigenvalue weighted by Crippen LogP contribution is -2.44. The average Bonchev–Trinajstić information content (AvgIpc) is 2.50. The van der Waals surface area contributed by atoms with Crippen molar-refractivity contribution in [3.05, 3.63) is 65.0 Å². The van der Waals surface area contributed by atoms with Gasteiger partial charge in [-0.2, -0.15) is 0 Å². The largest absolute Gasteiger partial charge is 0.322 e. The summed E-state index contributed by atoms with van der Waals surface area (Å²) < 4.78 is 13.7. The summed E-state index contributed by atoms with van der Waals surface area (Å²) in [6.45, 7) is 2.52. The van der Waals surface area contributed by atoms with Gasteiger partial charge in [-0.05, 0) is 42.2 Å². The molecule has 0 bridgehead atoms. The van der Waals surface area contributed by atoms with Gasteiger partial charge in [0, 0.05) is 6.54 Å². The summed E-state index contributed by atoms with van der Waals surface area (Å²) in [5.74, 6) is -0.612. The Morgan fingerprint density at radius 2 is 2.00 bits per heavy atom. The Kier molecular flexibility index (Phi) is 3.71. The fraction of sp³-hybridized carbons (Fsp3) is 0.235. The molecule has 2 aromatic carbocycles. The molecule has 1 heterocycles. The van der Waals surface area contributed by atoms with Gasteiger partial charge in [0.2, 0.25) is 5.91 Å². The van der Waals surface area contributed by atoms with Crippen LogP contribution in [0, 0.1) is 12.7 Å². The summed E-state index contributed by atoms with van der Waals surface area (Å²) in [5, 5.41) is 5.87. The monoisotopic (exact) mass is 284 g/mol. The summed E-state index contributed by atoms with van der Waals surface area (Å²) in [4.78, 5) is 12.3. The standard InChI is InChI=1S/C17H17FN2O/c1-11-6-7-14(18)15(8-11)20-17(21)16-9-12-4-2-3-5-13(12)10-19-16/h2-8,16,19H,9-10H2,1H3,(H,20,21). The van der Waals surface area contributed by atoms with E-state index in [9.17, 15) is 9.18 Å². The Morgan fingerprint density at radius 1 is 1.24 bits per heavy atom. The minimum Gasteiger partial charge on any atom is -0.322 e. The summed E-state index contributed by atoms with van der Waals surface area (Å²) >= 11 is 0. The number of nitrogens with one attached hydrogen (secondary N) is 2. The van der Waals surface area contributed by atoms with Gasteiger partial charge in [-0.25, -0.2) is 4.39 Å². The minimum absolute atomic E-state index is 0.200. The number of carbonyl (C=O) groups excluding carboxylic acids is 1. The van der Waals surface area contributed by atoms with Crippen molar-refractivity contribution in [3.63, 3.8) is 0 Å². The third kappa shape index (κ3) is 2.95. The normalized spacial score (nSPS) is 17.1. The molecule has 3 rings (SSSR count). The van der Waals surface area contributed by atoms with Crippen molar-refractivity contribution in [1.82, 2.24) is 5.32 Å². The quantitative estimate of drug-likeness (QED) is 0.890. The third-order valence-corrected chi connectivity index (χ3v) is 3.78. The molecule has 0 aliphatic carbocycles. The smallest absolute Gasteiger partial charge is 0.241 e. The van der Waals surface area contributed by atoms with Crippen LogP contribution in [0.4, 0.5) is 10.1 Å². The summed E-state index contributed by atoms with van der Waals surface area (Å²) in [6.07, 6.45) is 0.620. The van der Waals surface area contributed by atoms with Crippen LogP contribution in [-0.2, 0) is 17.8 Å². The van der Waals surface area contributed by atoms with Gasteiger partial charge in [0.25, 0.3) is 0 Å². The lowest BCUT2D eigenvalue weighted by atomic mass is 9.95. The topological polar surface area (TPSA) is 41.1 Å². The van der Waals surface area contributed by atoms with Gasteiger partial charge in [-0.1, -0.05) is 30.3 Å². The van der Waals surface area contributed by atoms with Gasteiger partial charge < -0.3 is 10.6 Å². The van der Waals surface area contributed by atoms with Crippen LogP contribution in [0.2, 0.25) is 0 Å². The Morgan fingerprint density at radius 3 is 2.81 bits per heavy atom. The number of aryl methyl sites for hydroxylation is 1. The van der Waals surface area contributed by atoms with Gasteiger partial charge >= 0.3 is 0 Å². The molecule has 2 aromatic rings. The van der Waals surface area contributed by atoms with Crippen LogP contribution in [0.25, 0.3) is 0 Å². The van der Waals surface area contributed by atoms with E-state index in [1.54, 1.807) is 12.1 Å². The molecule has 0 saturated heterocycles. The molecule has 0 saturated carbocycles. The van der Waals surface area contributed by atoms with Crippen molar-refractivity contribution in [2.24, 2.45) is 0 Å². The lowest BCUT2D eigenvalue weighted by molar-refractivity contribution is -0.118. The van der Waals surface area contributed by atoms with Crippen LogP contribution in [0.1, 0.15) is 16.7 Å². The van der Waals surface area contributed by atoms with Crippen LogP contribution in [0.3, 0.4) is 0 Å². The Labute approximate surface area is 123 Å². The molecule has 2 N–H and O–H groups in total. The number of halogens is 1. The molecule has 0 fully saturated rings. The van der Waals surface area contributed by atoms with E-state index >= 15 is 0 Å². The van der Waals surface area contributed by atoms with Gasteiger partial charge in [0.05, 0.1) is 11.7 Å². The number of fused-ring (bicyclic) bond motifs is 1. The Hall–Kier alpha value is -2.20. The molecule has 1 atom stereocenters. The van der Waals surface area contributed by atoms with Crippen LogP contribution in [0.5, 0.6) is 0 Å². The van der Waals surface area contributed by atoms with Gasteiger partial charge in [0.15, 0.2) is 0 Å². The second kappa shape index (κ2) is 5.66. The number of hydrogen-bond donors (Lipinski definition) is 2. The van der Waals surface area contributed by atoms with Crippen molar-refractivity contribution in [3.8, 4) is 0 Å². The Balaban J connectivity index is 1.74. The molecule has 0 spiro atoms. The van der Waals surface area contributed by atoms with E-state index in [1.807, 2.05) is 25.1 Å². The van der Waals surface area contributed by atoms with Crippen LogP contribution >= 0.6 is 0 Å².